The number of benzene rings is 2. The standard InChI is InChI=1S/C52H76O2Si.2CH3.2ClH.Zr/c1-31-25-39-35(33-27-41(49(3,4)5)45(53-15)42(28-33)50(6,7)8)21-19-23-37(39)47(31)55(17,18)48-32(2)26-40-36(22-20-24-38(40)48)34-29-43(51(9,10)11)46(54-16)44(30-34)52(12,13)14;;;;;/h19-24,27-32,37-40,47-48H,25-26H2,1-18H3;2*1H3;2*1H;/q;2*-1;;;+4/p-2. The van der Waals surface area contributed by atoms with Gasteiger partial charge in [0.1, 0.15) is 11.5 Å². The summed E-state index contributed by atoms with van der Waals surface area (Å²) in [5, 5.41) is 0. The van der Waals surface area contributed by atoms with Crippen LogP contribution in [0.15, 0.2) is 60.7 Å². The molecule has 0 spiro atoms. The fourth-order valence-electron chi connectivity index (χ4n) is 12.2. The summed E-state index contributed by atoms with van der Waals surface area (Å²) in [4.78, 5) is 0. The van der Waals surface area contributed by atoms with Gasteiger partial charge in [0.2, 0.25) is 0 Å². The third-order valence-electron chi connectivity index (χ3n) is 14.5. The van der Waals surface area contributed by atoms with Crippen LogP contribution in [0.4, 0.5) is 0 Å². The number of rotatable bonds is 6. The molecule has 2 aromatic rings. The second kappa shape index (κ2) is 19.4. The van der Waals surface area contributed by atoms with Crippen LogP contribution in [0, 0.1) is 50.4 Å². The topological polar surface area (TPSA) is 18.5 Å². The van der Waals surface area contributed by atoms with Crippen molar-refractivity contribution in [3.8, 4) is 11.5 Å². The molecule has 8 unspecified atom stereocenters. The second-order valence-electron chi connectivity index (χ2n) is 23.0. The van der Waals surface area contributed by atoms with Crippen LogP contribution in [0.5, 0.6) is 11.5 Å². The first-order chi connectivity index (χ1) is 26.7. The van der Waals surface area contributed by atoms with Gasteiger partial charge in [-0.1, -0.05) is 146 Å². The molecule has 2 aromatic carbocycles. The number of allylic oxidation sites excluding steroid dienone is 8. The summed E-state index contributed by atoms with van der Waals surface area (Å²) in [5.74, 6) is 5.83. The van der Waals surface area contributed by atoms with Crippen molar-refractivity contribution in [2.24, 2.45) is 35.5 Å². The minimum atomic E-state index is -1.83. The van der Waals surface area contributed by atoms with Crippen molar-refractivity contribution in [1.29, 1.82) is 0 Å². The van der Waals surface area contributed by atoms with Gasteiger partial charge in [0.15, 0.2) is 0 Å². The van der Waals surface area contributed by atoms with E-state index in [9.17, 15) is 0 Å². The van der Waals surface area contributed by atoms with E-state index in [0.717, 1.165) is 22.6 Å². The average molecular weight is 953 g/mol. The van der Waals surface area contributed by atoms with Crippen LogP contribution < -0.4 is 9.47 Å². The number of methoxy groups -OCH3 is 2. The van der Waals surface area contributed by atoms with Crippen LogP contribution >= 0.6 is 17.0 Å². The molecule has 4 aliphatic rings. The normalized spacial score (nSPS) is 26.3. The Labute approximate surface area is 389 Å². The van der Waals surface area contributed by atoms with Crippen molar-refractivity contribution in [2.45, 2.75) is 156 Å². The first-order valence-electron chi connectivity index (χ1n) is 21.9. The molecule has 0 amide bonds. The Balaban J connectivity index is 0.00000187. The van der Waals surface area contributed by atoms with Crippen LogP contribution in [-0.4, -0.2) is 22.3 Å². The molecule has 332 valence electrons. The quantitative estimate of drug-likeness (QED) is 0.212. The van der Waals surface area contributed by atoms with Crippen LogP contribution in [0.1, 0.15) is 143 Å². The number of fused-ring (bicyclic) bond motifs is 2. The maximum absolute atomic E-state index is 6.19. The molecule has 6 rings (SSSR count). The zero-order valence-corrected chi connectivity index (χ0v) is 46.3. The molecule has 0 saturated heterocycles. The molecule has 2 nitrogen and oxygen atoms in total. The average Bonchev–Trinajstić information content (AvgIpc) is 3.65. The number of hydrogen-bond acceptors (Lipinski definition) is 2. The van der Waals surface area contributed by atoms with E-state index < -0.39 is 28.9 Å². The van der Waals surface area contributed by atoms with E-state index in [4.69, 9.17) is 26.5 Å². The molecule has 0 aromatic heterocycles. The molecule has 2 fully saturated rings. The number of ether oxygens (including phenoxy) is 2. The molecule has 0 radical (unpaired) electrons. The molecule has 0 N–H and O–H groups in total. The monoisotopic (exact) mass is 950 g/mol. The Morgan fingerprint density at radius 2 is 0.817 bits per heavy atom. The fourth-order valence-corrected chi connectivity index (χ4v) is 18.5. The summed E-state index contributed by atoms with van der Waals surface area (Å²) >= 11 is -0.826. The van der Waals surface area contributed by atoms with Gasteiger partial charge in [-0.25, -0.2) is 0 Å². The first-order valence-corrected chi connectivity index (χ1v) is 31.4. The van der Waals surface area contributed by atoms with Crippen molar-refractivity contribution in [3.63, 3.8) is 0 Å². The fraction of sp³-hybridized carbons (Fsp3) is 0.593. The molecular weight excluding hydrogens is 871 g/mol. The van der Waals surface area contributed by atoms with Crippen molar-refractivity contribution >= 4 is 36.2 Å². The van der Waals surface area contributed by atoms with Gasteiger partial charge in [0.25, 0.3) is 0 Å². The molecule has 4 aliphatic carbocycles. The van der Waals surface area contributed by atoms with Crippen LogP contribution in [0.2, 0.25) is 24.2 Å². The van der Waals surface area contributed by atoms with Gasteiger partial charge in [0.05, 0.1) is 22.3 Å². The van der Waals surface area contributed by atoms with E-state index in [2.05, 4.69) is 171 Å². The van der Waals surface area contributed by atoms with E-state index in [1.54, 1.807) is 11.1 Å². The summed E-state index contributed by atoms with van der Waals surface area (Å²) in [7, 11) is 11.7. The van der Waals surface area contributed by atoms with Crippen LogP contribution in [0.3, 0.4) is 0 Å². The summed E-state index contributed by atoms with van der Waals surface area (Å²) in [6.45, 7) is 38.8. The van der Waals surface area contributed by atoms with E-state index in [1.165, 1.54) is 46.2 Å². The van der Waals surface area contributed by atoms with Crippen molar-refractivity contribution in [2.75, 3.05) is 14.2 Å². The van der Waals surface area contributed by atoms with Gasteiger partial charge in [-0.3, -0.25) is 0 Å². The SMILES string of the molecule is COc1c(C(C)(C)C)cc(C2=CC=CC3C2CC(C)C3[Si](C)(C)C2C(C)CC3C(c4cc(C(C)(C)C)c(OC)c(C(C)(C)C)c4)=CC=CC32)cc1C(C)(C)C.[CH3-].[CH3-].[Cl][Zr+2][Cl]. The Morgan fingerprint density at radius 3 is 1.05 bits per heavy atom. The van der Waals surface area contributed by atoms with E-state index >= 15 is 0 Å². The Morgan fingerprint density at radius 1 is 0.550 bits per heavy atom. The zero-order valence-electron chi connectivity index (χ0n) is 41.4. The first kappa shape index (κ1) is 53.0. The predicted octanol–water partition coefficient (Wildman–Crippen LogP) is 16.8. The summed E-state index contributed by atoms with van der Waals surface area (Å²) in [6.07, 6.45) is 17.6. The predicted molar refractivity (Wildman–Crippen MR) is 266 cm³/mol. The van der Waals surface area contributed by atoms with Crippen LogP contribution in [0.25, 0.3) is 11.1 Å². The molecule has 0 aliphatic heterocycles. The Hall–Kier alpha value is -1.32. The summed E-state index contributed by atoms with van der Waals surface area (Å²) in [6, 6.07) is 9.93. The van der Waals surface area contributed by atoms with Crippen molar-refractivity contribution in [1.82, 2.24) is 0 Å². The van der Waals surface area contributed by atoms with E-state index in [1.807, 2.05) is 14.2 Å². The molecule has 0 bridgehead atoms. The van der Waals surface area contributed by atoms with Gasteiger partial charge in [0, 0.05) is 22.3 Å². The Bertz CT molecular complexity index is 1740. The molecule has 8 atom stereocenters. The van der Waals surface area contributed by atoms with Gasteiger partial charge < -0.3 is 24.3 Å². The van der Waals surface area contributed by atoms with Gasteiger partial charge in [-0.2, -0.15) is 0 Å². The van der Waals surface area contributed by atoms with Crippen LogP contribution in [-0.2, 0) is 42.5 Å². The molecule has 60 heavy (non-hydrogen) atoms. The second-order valence-corrected chi connectivity index (χ2v) is 31.7. The maximum atomic E-state index is 6.19. The molecule has 0 heterocycles. The summed E-state index contributed by atoms with van der Waals surface area (Å²) < 4.78 is 12.4. The minimum absolute atomic E-state index is 0. The zero-order chi connectivity index (χ0) is 43.5. The van der Waals surface area contributed by atoms with Gasteiger partial charge >= 0.3 is 37.9 Å². The van der Waals surface area contributed by atoms with Gasteiger partial charge in [-0.05, 0) is 128 Å². The van der Waals surface area contributed by atoms with Crippen molar-refractivity contribution < 1.29 is 30.3 Å². The van der Waals surface area contributed by atoms with Gasteiger partial charge in [-0.15, -0.1) is 0 Å². The summed E-state index contributed by atoms with van der Waals surface area (Å²) in [5.41, 5.74) is 12.6. The molecule has 2 saturated carbocycles. The third kappa shape index (κ3) is 10.3. The van der Waals surface area contributed by atoms with Crippen molar-refractivity contribution in [3.05, 3.63) is 109 Å². The molecular formula is C54H82Cl2O2SiZr. The third-order valence-corrected chi connectivity index (χ3v) is 19.8. The van der Waals surface area contributed by atoms with E-state index in [-0.39, 0.29) is 36.5 Å². The number of hydrogen-bond donors (Lipinski definition) is 0. The van der Waals surface area contributed by atoms with E-state index in [0.29, 0.717) is 35.5 Å². The Kier molecular flexibility index (Phi) is 17.2. The molecule has 6 heteroatoms. The number of halogens is 2.